The number of benzene rings is 3. The first kappa shape index (κ1) is 17.5. The van der Waals surface area contributed by atoms with Crippen LogP contribution in [0.5, 0.6) is 23.1 Å². The van der Waals surface area contributed by atoms with Gasteiger partial charge < -0.3 is 19.3 Å². The summed E-state index contributed by atoms with van der Waals surface area (Å²) in [6.07, 6.45) is 1.42. The maximum absolute atomic E-state index is 11.1. The van der Waals surface area contributed by atoms with Crippen molar-refractivity contribution < 1.29 is 24.1 Å². The van der Waals surface area contributed by atoms with Crippen LogP contribution in [-0.4, -0.2) is 35.3 Å². The van der Waals surface area contributed by atoms with E-state index in [1.807, 2.05) is 12.1 Å². The molecule has 1 heterocycles. The topological polar surface area (TPSA) is 90.8 Å². The second-order valence-electron chi connectivity index (χ2n) is 6.03. The third-order valence-electron chi connectivity index (χ3n) is 4.38. The van der Waals surface area contributed by atoms with Crippen molar-refractivity contribution in [2.24, 2.45) is 0 Å². The van der Waals surface area contributed by atoms with E-state index >= 15 is 0 Å². The summed E-state index contributed by atoms with van der Waals surface area (Å²) in [5.74, 6) is 1.12. The van der Waals surface area contributed by atoms with E-state index in [0.29, 0.717) is 34.0 Å². The Morgan fingerprint density at radius 1 is 0.893 bits per heavy atom. The van der Waals surface area contributed by atoms with Gasteiger partial charge in [-0.05, 0) is 41.1 Å². The molecule has 0 aliphatic rings. The normalized spacial score (nSPS) is 10.8. The molecule has 1 aromatic heterocycles. The molecule has 7 nitrogen and oxygen atoms in total. The van der Waals surface area contributed by atoms with Crippen LogP contribution in [0.1, 0.15) is 10.4 Å². The monoisotopic (exact) mass is 376 g/mol. The van der Waals surface area contributed by atoms with Gasteiger partial charge in [-0.25, -0.2) is 14.8 Å². The van der Waals surface area contributed by atoms with E-state index in [9.17, 15) is 4.79 Å². The van der Waals surface area contributed by atoms with E-state index < -0.39 is 5.97 Å². The lowest BCUT2D eigenvalue weighted by molar-refractivity contribution is 0.0697. The summed E-state index contributed by atoms with van der Waals surface area (Å²) in [6.45, 7) is 0. The van der Waals surface area contributed by atoms with Gasteiger partial charge >= 0.3 is 5.97 Å². The van der Waals surface area contributed by atoms with Gasteiger partial charge in [0.1, 0.15) is 12.1 Å². The van der Waals surface area contributed by atoms with Gasteiger partial charge in [-0.3, -0.25) is 0 Å². The summed E-state index contributed by atoms with van der Waals surface area (Å²) in [4.78, 5) is 19.6. The molecule has 1 N–H and O–H groups in total. The molecule has 3 aromatic carbocycles. The van der Waals surface area contributed by atoms with Crippen molar-refractivity contribution >= 4 is 27.6 Å². The van der Waals surface area contributed by atoms with Crippen LogP contribution in [0.2, 0.25) is 0 Å². The Bertz CT molecular complexity index is 1210. The van der Waals surface area contributed by atoms with Crippen LogP contribution in [0.4, 0.5) is 0 Å². The van der Waals surface area contributed by atoms with Crippen molar-refractivity contribution in [3.8, 4) is 23.1 Å². The molecule has 4 aromatic rings. The number of nitrogens with zero attached hydrogens (tertiary/aromatic N) is 2. The van der Waals surface area contributed by atoms with E-state index in [4.69, 9.17) is 19.3 Å². The Labute approximate surface area is 160 Å². The molecule has 0 amide bonds. The minimum absolute atomic E-state index is 0.240. The zero-order valence-corrected chi connectivity index (χ0v) is 15.2. The van der Waals surface area contributed by atoms with Crippen LogP contribution in [0, 0.1) is 0 Å². The number of carboxylic acids is 1. The number of hydrogen-bond donors (Lipinski definition) is 1. The molecule has 7 heteroatoms. The smallest absolute Gasteiger partial charge is 0.335 e. The van der Waals surface area contributed by atoms with Gasteiger partial charge in [0.05, 0.1) is 30.7 Å². The predicted molar refractivity (Wildman–Crippen MR) is 104 cm³/mol. The Morgan fingerprint density at radius 2 is 1.61 bits per heavy atom. The largest absolute Gasteiger partial charge is 0.493 e. The van der Waals surface area contributed by atoms with Crippen LogP contribution in [-0.2, 0) is 0 Å². The van der Waals surface area contributed by atoms with Gasteiger partial charge in [0.25, 0.3) is 0 Å². The summed E-state index contributed by atoms with van der Waals surface area (Å²) in [6, 6.07) is 13.9. The minimum Gasteiger partial charge on any atom is -0.493 e. The molecule has 0 aliphatic heterocycles. The summed E-state index contributed by atoms with van der Waals surface area (Å²) >= 11 is 0. The van der Waals surface area contributed by atoms with Crippen LogP contribution in [0.25, 0.3) is 21.7 Å². The fraction of sp³-hybridized carbons (Fsp3) is 0.0952. The average Bonchev–Trinajstić information content (AvgIpc) is 2.72. The fourth-order valence-corrected chi connectivity index (χ4v) is 2.97. The minimum atomic E-state index is -0.959. The maximum Gasteiger partial charge on any atom is 0.335 e. The van der Waals surface area contributed by atoms with E-state index in [1.165, 1.54) is 6.33 Å². The fourth-order valence-electron chi connectivity index (χ4n) is 2.97. The summed E-state index contributed by atoms with van der Waals surface area (Å²) in [5, 5.41) is 11.5. The lowest BCUT2D eigenvalue weighted by Crippen LogP contribution is -1.96. The third-order valence-corrected chi connectivity index (χ3v) is 4.38. The SMILES string of the molecule is COc1cc2ncnc(Oc3ccc4cc(C(=O)O)ccc4c3)c2cc1OC. The number of ether oxygens (including phenoxy) is 3. The van der Waals surface area contributed by atoms with Gasteiger partial charge in [-0.15, -0.1) is 0 Å². The number of methoxy groups -OCH3 is 2. The first-order valence-corrected chi connectivity index (χ1v) is 8.41. The number of aromatic carboxylic acids is 1. The number of fused-ring (bicyclic) bond motifs is 2. The molecule has 0 spiro atoms. The van der Waals surface area contributed by atoms with Crippen molar-refractivity contribution in [3.63, 3.8) is 0 Å². The van der Waals surface area contributed by atoms with Crippen molar-refractivity contribution in [1.29, 1.82) is 0 Å². The maximum atomic E-state index is 11.1. The molecule has 4 rings (SSSR count). The van der Waals surface area contributed by atoms with Crippen LogP contribution >= 0.6 is 0 Å². The zero-order valence-electron chi connectivity index (χ0n) is 15.2. The van der Waals surface area contributed by atoms with E-state index in [2.05, 4.69) is 9.97 Å². The zero-order chi connectivity index (χ0) is 19.7. The second-order valence-corrected chi connectivity index (χ2v) is 6.03. The number of carboxylic acid groups (broad SMARTS) is 1. The van der Waals surface area contributed by atoms with Gasteiger partial charge in [0, 0.05) is 6.07 Å². The first-order chi connectivity index (χ1) is 13.6. The molecule has 140 valence electrons. The summed E-state index contributed by atoms with van der Waals surface area (Å²) in [7, 11) is 3.12. The highest BCUT2D eigenvalue weighted by Crippen LogP contribution is 2.36. The van der Waals surface area contributed by atoms with Crippen molar-refractivity contribution in [3.05, 3.63) is 60.4 Å². The molecule has 0 unspecified atom stereocenters. The van der Waals surface area contributed by atoms with Crippen molar-refractivity contribution in [2.45, 2.75) is 0 Å². The third kappa shape index (κ3) is 3.14. The highest BCUT2D eigenvalue weighted by molar-refractivity contribution is 5.95. The van der Waals surface area contributed by atoms with E-state index in [0.717, 1.165) is 10.8 Å². The summed E-state index contributed by atoms with van der Waals surface area (Å²) < 4.78 is 16.6. The standard InChI is InChI=1S/C21H16N2O5/c1-26-18-9-16-17(10-19(18)27-2)22-11-23-20(16)28-15-6-5-12-7-14(21(24)25)4-3-13(12)8-15/h3-11H,1-2H3,(H,24,25). The number of hydrogen-bond acceptors (Lipinski definition) is 6. The number of carbonyl (C=O) groups is 1. The van der Waals surface area contributed by atoms with Gasteiger partial charge in [-0.1, -0.05) is 12.1 Å². The number of rotatable bonds is 5. The molecule has 0 saturated carbocycles. The molecule has 28 heavy (non-hydrogen) atoms. The lowest BCUT2D eigenvalue weighted by atomic mass is 10.1. The van der Waals surface area contributed by atoms with E-state index in [-0.39, 0.29) is 5.56 Å². The first-order valence-electron chi connectivity index (χ1n) is 8.41. The second kappa shape index (κ2) is 7.03. The molecule has 0 radical (unpaired) electrons. The van der Waals surface area contributed by atoms with Gasteiger partial charge in [-0.2, -0.15) is 0 Å². The van der Waals surface area contributed by atoms with Gasteiger partial charge in [0.2, 0.25) is 5.88 Å². The molecule has 0 aliphatic carbocycles. The van der Waals surface area contributed by atoms with Crippen molar-refractivity contribution in [2.75, 3.05) is 14.2 Å². The average molecular weight is 376 g/mol. The Hall–Kier alpha value is -3.87. The number of aromatic nitrogens is 2. The van der Waals surface area contributed by atoms with E-state index in [1.54, 1.807) is 50.6 Å². The highest BCUT2D eigenvalue weighted by Gasteiger charge is 2.13. The Kier molecular flexibility index (Phi) is 4.41. The lowest BCUT2D eigenvalue weighted by Gasteiger charge is -2.12. The van der Waals surface area contributed by atoms with Crippen LogP contribution in [0.3, 0.4) is 0 Å². The molecular formula is C21H16N2O5. The molecule has 0 saturated heterocycles. The van der Waals surface area contributed by atoms with Crippen LogP contribution in [0.15, 0.2) is 54.9 Å². The quantitative estimate of drug-likeness (QED) is 0.555. The Morgan fingerprint density at radius 3 is 2.36 bits per heavy atom. The molecular weight excluding hydrogens is 360 g/mol. The molecule has 0 bridgehead atoms. The van der Waals surface area contributed by atoms with Crippen molar-refractivity contribution in [1.82, 2.24) is 9.97 Å². The molecule has 0 atom stereocenters. The highest BCUT2D eigenvalue weighted by atomic mass is 16.5. The van der Waals surface area contributed by atoms with Crippen LogP contribution < -0.4 is 14.2 Å². The Balaban J connectivity index is 1.75. The molecule has 0 fully saturated rings. The summed E-state index contributed by atoms with van der Waals surface area (Å²) in [5.41, 5.74) is 0.901. The predicted octanol–water partition coefficient (Wildman–Crippen LogP) is 4.29. The van der Waals surface area contributed by atoms with Gasteiger partial charge in [0.15, 0.2) is 11.5 Å².